The monoisotopic (exact) mass is 408 g/mol. The maximum Gasteiger partial charge on any atom is 0.332 e. The molecule has 2 aromatic rings. The van der Waals surface area contributed by atoms with Crippen LogP contribution in [0.4, 0.5) is 0 Å². The van der Waals surface area contributed by atoms with Crippen LogP contribution in [0.2, 0.25) is 0 Å². The smallest absolute Gasteiger partial charge is 0.332 e. The molecule has 6 nitrogen and oxygen atoms in total. The van der Waals surface area contributed by atoms with E-state index in [1.807, 2.05) is 60.7 Å². The normalized spacial score (nSPS) is 23.8. The van der Waals surface area contributed by atoms with Crippen molar-refractivity contribution >= 4 is 11.9 Å². The third kappa shape index (κ3) is 3.50. The van der Waals surface area contributed by atoms with E-state index in [2.05, 4.69) is 5.32 Å². The molecule has 1 spiro atoms. The highest BCUT2D eigenvalue weighted by Gasteiger charge is 2.64. The first kappa shape index (κ1) is 20.6. The molecule has 1 unspecified atom stereocenters. The molecule has 1 amide bonds. The fraction of sp³-hybridized carbons (Fsp3) is 0.417. The lowest BCUT2D eigenvalue weighted by Crippen LogP contribution is -2.80. The van der Waals surface area contributed by atoms with Crippen molar-refractivity contribution in [3.63, 3.8) is 0 Å². The Balaban J connectivity index is 1.64. The van der Waals surface area contributed by atoms with Crippen LogP contribution in [-0.4, -0.2) is 52.2 Å². The fourth-order valence-electron chi connectivity index (χ4n) is 4.69. The van der Waals surface area contributed by atoms with Crippen molar-refractivity contribution in [1.82, 2.24) is 10.2 Å². The van der Waals surface area contributed by atoms with Gasteiger partial charge in [0.1, 0.15) is 5.54 Å². The molecule has 0 radical (unpaired) electrons. The molecule has 30 heavy (non-hydrogen) atoms. The largest absolute Gasteiger partial charge is 0.479 e. The third-order valence-corrected chi connectivity index (χ3v) is 6.51. The number of nitrogens with one attached hydrogen (secondary N) is 1. The minimum Gasteiger partial charge on any atom is -0.479 e. The molecule has 0 bridgehead atoms. The zero-order valence-corrected chi connectivity index (χ0v) is 17.2. The van der Waals surface area contributed by atoms with Crippen molar-refractivity contribution in [1.29, 1.82) is 0 Å². The number of carboxylic acid groups (broad SMARTS) is 1. The predicted molar refractivity (Wildman–Crippen MR) is 113 cm³/mol. The number of carbonyl (C=O) groups is 2. The summed E-state index contributed by atoms with van der Waals surface area (Å²) in [6.07, 6.45) is 1.18. The third-order valence-electron chi connectivity index (χ3n) is 6.51. The van der Waals surface area contributed by atoms with E-state index in [0.717, 1.165) is 30.5 Å². The van der Waals surface area contributed by atoms with Gasteiger partial charge in [0, 0.05) is 13.0 Å². The average Bonchev–Trinajstić information content (AvgIpc) is 3.28. The maximum absolute atomic E-state index is 13.3. The number of hydrogen-bond donors (Lipinski definition) is 2. The molecule has 2 aromatic carbocycles. The Bertz CT molecular complexity index is 896. The highest BCUT2D eigenvalue weighted by Crippen LogP contribution is 2.40. The molecule has 0 aromatic heterocycles. The van der Waals surface area contributed by atoms with Gasteiger partial charge in [-0.05, 0) is 37.4 Å². The first-order chi connectivity index (χ1) is 14.5. The lowest BCUT2D eigenvalue weighted by Gasteiger charge is -2.56. The zero-order chi connectivity index (χ0) is 21.2. The number of ether oxygens (including phenoxy) is 1. The molecule has 6 heteroatoms. The molecule has 2 N–H and O–H groups in total. The Morgan fingerprint density at radius 3 is 2.33 bits per heavy atom. The molecule has 4 rings (SSSR count). The van der Waals surface area contributed by atoms with E-state index in [0.29, 0.717) is 6.54 Å². The van der Waals surface area contributed by atoms with Crippen LogP contribution in [0.15, 0.2) is 60.7 Å². The van der Waals surface area contributed by atoms with Gasteiger partial charge in [-0.1, -0.05) is 60.7 Å². The summed E-state index contributed by atoms with van der Waals surface area (Å²) in [6, 6.07) is 19.1. The number of rotatable bonds is 8. The van der Waals surface area contributed by atoms with Gasteiger partial charge in [0.25, 0.3) is 0 Å². The second-order valence-electron chi connectivity index (χ2n) is 8.33. The standard InChI is InChI=1S/C24H28N2O4/c1-18(30-16-20-11-6-3-7-12-20)24(22(28)29,15-19-9-4-2-5-10-19)26-17-23(21(26)27)13-8-14-25-23/h2-7,9-12,18,25H,8,13-17H2,1H3,(H,28,29)/t18-,23?,24+/m1/s1. The molecule has 2 aliphatic heterocycles. The van der Waals surface area contributed by atoms with Crippen LogP contribution in [0, 0.1) is 0 Å². The summed E-state index contributed by atoms with van der Waals surface area (Å²) < 4.78 is 6.09. The summed E-state index contributed by atoms with van der Waals surface area (Å²) in [6.45, 7) is 3.24. The molecule has 2 aliphatic rings. The summed E-state index contributed by atoms with van der Waals surface area (Å²) >= 11 is 0. The molecule has 0 saturated carbocycles. The van der Waals surface area contributed by atoms with Gasteiger partial charge in [-0.15, -0.1) is 0 Å². The number of aliphatic carboxylic acids is 1. The number of likely N-dealkylation sites (tertiary alicyclic amines) is 1. The number of β-lactam (4-membered cyclic amide) rings is 1. The molecule has 0 aliphatic carbocycles. The summed E-state index contributed by atoms with van der Waals surface area (Å²) in [5, 5.41) is 13.7. The predicted octanol–water partition coefficient (Wildman–Crippen LogP) is 2.62. The quantitative estimate of drug-likeness (QED) is 0.657. The van der Waals surface area contributed by atoms with E-state index in [9.17, 15) is 14.7 Å². The van der Waals surface area contributed by atoms with E-state index < -0.39 is 23.2 Å². The summed E-state index contributed by atoms with van der Waals surface area (Å²) in [5.41, 5.74) is -0.241. The first-order valence-electron chi connectivity index (χ1n) is 10.5. The van der Waals surface area contributed by atoms with Gasteiger partial charge in [-0.25, -0.2) is 4.79 Å². The van der Waals surface area contributed by atoms with Crippen molar-refractivity contribution in [3.05, 3.63) is 71.8 Å². The van der Waals surface area contributed by atoms with Crippen LogP contribution in [0.25, 0.3) is 0 Å². The SMILES string of the molecule is C[C@@H](OCc1ccccc1)[C@@](Cc1ccccc1)(C(=O)O)N1CC2(CCCN2)C1=O. The topological polar surface area (TPSA) is 78.9 Å². The molecule has 2 heterocycles. The zero-order valence-electron chi connectivity index (χ0n) is 17.2. The fourth-order valence-corrected chi connectivity index (χ4v) is 4.69. The number of nitrogens with zero attached hydrogens (tertiary/aromatic N) is 1. The maximum atomic E-state index is 13.3. The van der Waals surface area contributed by atoms with E-state index >= 15 is 0 Å². The van der Waals surface area contributed by atoms with Gasteiger partial charge < -0.3 is 20.1 Å². The van der Waals surface area contributed by atoms with Gasteiger partial charge in [-0.3, -0.25) is 4.79 Å². The van der Waals surface area contributed by atoms with Crippen LogP contribution in [0.3, 0.4) is 0 Å². The Morgan fingerprint density at radius 2 is 1.80 bits per heavy atom. The van der Waals surface area contributed by atoms with Gasteiger partial charge >= 0.3 is 5.97 Å². The number of carbonyl (C=O) groups excluding carboxylic acids is 1. The van der Waals surface area contributed by atoms with Crippen molar-refractivity contribution in [2.24, 2.45) is 0 Å². The lowest BCUT2D eigenvalue weighted by atomic mass is 9.76. The summed E-state index contributed by atoms with van der Waals surface area (Å²) in [7, 11) is 0. The summed E-state index contributed by atoms with van der Waals surface area (Å²) in [4.78, 5) is 27.5. The Kier molecular flexibility index (Phi) is 5.62. The second-order valence-corrected chi connectivity index (χ2v) is 8.33. The number of benzene rings is 2. The van der Waals surface area contributed by atoms with Crippen LogP contribution in [-0.2, 0) is 27.4 Å². The Labute approximate surface area is 176 Å². The second kappa shape index (κ2) is 8.20. The van der Waals surface area contributed by atoms with Crippen LogP contribution in [0.5, 0.6) is 0 Å². The van der Waals surface area contributed by atoms with Crippen LogP contribution < -0.4 is 5.32 Å². The highest BCUT2D eigenvalue weighted by atomic mass is 16.5. The van der Waals surface area contributed by atoms with Gasteiger partial charge in [-0.2, -0.15) is 0 Å². The number of amides is 1. The molecular formula is C24H28N2O4. The minimum atomic E-state index is -1.47. The molecule has 2 saturated heterocycles. The average molecular weight is 408 g/mol. The Hall–Kier alpha value is -2.70. The first-order valence-corrected chi connectivity index (χ1v) is 10.5. The molecule has 2 fully saturated rings. The number of carboxylic acids is 1. The molecule has 3 atom stereocenters. The number of hydrogen-bond acceptors (Lipinski definition) is 4. The highest BCUT2D eigenvalue weighted by molar-refractivity contribution is 5.98. The van der Waals surface area contributed by atoms with Crippen molar-refractivity contribution in [2.45, 2.75) is 50.0 Å². The minimum absolute atomic E-state index is 0.131. The van der Waals surface area contributed by atoms with Crippen molar-refractivity contribution in [3.8, 4) is 0 Å². The van der Waals surface area contributed by atoms with E-state index in [1.165, 1.54) is 4.90 Å². The van der Waals surface area contributed by atoms with Crippen LogP contribution in [0.1, 0.15) is 30.9 Å². The van der Waals surface area contributed by atoms with E-state index in [1.54, 1.807) is 6.92 Å². The van der Waals surface area contributed by atoms with Crippen LogP contribution >= 0.6 is 0 Å². The van der Waals surface area contributed by atoms with Crippen molar-refractivity contribution in [2.75, 3.05) is 13.1 Å². The van der Waals surface area contributed by atoms with Gasteiger partial charge in [0.05, 0.1) is 12.7 Å². The molecule has 158 valence electrons. The van der Waals surface area contributed by atoms with E-state index in [4.69, 9.17) is 4.74 Å². The Morgan fingerprint density at radius 1 is 1.17 bits per heavy atom. The summed E-state index contributed by atoms with van der Waals surface area (Å²) in [5.74, 6) is -1.17. The van der Waals surface area contributed by atoms with Gasteiger partial charge in [0.15, 0.2) is 5.54 Å². The lowest BCUT2D eigenvalue weighted by molar-refractivity contribution is -0.189. The van der Waals surface area contributed by atoms with E-state index in [-0.39, 0.29) is 18.9 Å². The molecular weight excluding hydrogens is 380 g/mol. The van der Waals surface area contributed by atoms with Gasteiger partial charge in [0.2, 0.25) is 5.91 Å². The van der Waals surface area contributed by atoms with Crippen molar-refractivity contribution < 1.29 is 19.4 Å².